The van der Waals surface area contributed by atoms with E-state index in [0.717, 1.165) is 12.8 Å². The van der Waals surface area contributed by atoms with Gasteiger partial charge in [0.15, 0.2) is 0 Å². The molecular formula is C13H19ClN2O. The number of rotatable bonds is 3. The van der Waals surface area contributed by atoms with Gasteiger partial charge >= 0.3 is 0 Å². The zero-order chi connectivity index (χ0) is 12.1. The van der Waals surface area contributed by atoms with Crippen LogP contribution in [-0.4, -0.2) is 17.1 Å². The molecule has 0 aromatic carbocycles. The molecule has 1 aromatic heterocycles. The molecular weight excluding hydrogens is 236 g/mol. The van der Waals surface area contributed by atoms with Crippen molar-refractivity contribution in [2.75, 3.05) is 6.61 Å². The van der Waals surface area contributed by atoms with Gasteiger partial charge in [0.25, 0.3) is 0 Å². The third-order valence-electron chi connectivity index (χ3n) is 3.35. The average Bonchev–Trinajstić information content (AvgIpc) is 2.54. The van der Waals surface area contributed by atoms with E-state index in [9.17, 15) is 0 Å². The van der Waals surface area contributed by atoms with Gasteiger partial charge in [-0.2, -0.15) is 0 Å². The van der Waals surface area contributed by atoms with E-state index < -0.39 is 0 Å². The highest BCUT2D eigenvalue weighted by Crippen LogP contribution is 2.28. The molecule has 0 bridgehead atoms. The Morgan fingerprint density at radius 1 is 1.29 bits per heavy atom. The van der Waals surface area contributed by atoms with Gasteiger partial charge in [-0.25, -0.2) is 0 Å². The van der Waals surface area contributed by atoms with Gasteiger partial charge in [0, 0.05) is 18.5 Å². The lowest BCUT2D eigenvalue weighted by Crippen LogP contribution is -2.45. The van der Waals surface area contributed by atoms with Gasteiger partial charge < -0.3 is 10.5 Å². The third kappa shape index (κ3) is 3.58. The van der Waals surface area contributed by atoms with Gasteiger partial charge in [0.05, 0.1) is 5.54 Å². The maximum atomic E-state index is 6.37. The van der Waals surface area contributed by atoms with Crippen molar-refractivity contribution in [3.63, 3.8) is 0 Å². The minimum absolute atomic E-state index is 0.191. The first kappa shape index (κ1) is 12.7. The fourth-order valence-corrected chi connectivity index (χ4v) is 2.45. The monoisotopic (exact) mass is 254 g/mol. The van der Waals surface area contributed by atoms with Crippen molar-refractivity contribution in [3.8, 4) is 5.75 Å². The van der Waals surface area contributed by atoms with Crippen LogP contribution in [0, 0.1) is 0 Å². The summed E-state index contributed by atoms with van der Waals surface area (Å²) in [7, 11) is 0. The molecule has 1 saturated carbocycles. The fourth-order valence-electron chi connectivity index (χ4n) is 2.28. The third-order valence-corrected chi connectivity index (χ3v) is 3.63. The first-order chi connectivity index (χ1) is 8.20. The van der Waals surface area contributed by atoms with Crippen LogP contribution in [0.3, 0.4) is 0 Å². The van der Waals surface area contributed by atoms with E-state index in [1.54, 1.807) is 18.5 Å². The van der Waals surface area contributed by atoms with E-state index in [1.807, 2.05) is 0 Å². The molecule has 4 heteroatoms. The molecule has 1 heterocycles. The lowest BCUT2D eigenvalue weighted by molar-refractivity contribution is 0.199. The minimum atomic E-state index is -0.191. The van der Waals surface area contributed by atoms with E-state index in [-0.39, 0.29) is 5.54 Å². The summed E-state index contributed by atoms with van der Waals surface area (Å²) < 4.78 is 5.74. The highest BCUT2D eigenvalue weighted by Gasteiger charge is 2.27. The highest BCUT2D eigenvalue weighted by atomic mass is 35.5. The van der Waals surface area contributed by atoms with Crippen molar-refractivity contribution in [3.05, 3.63) is 23.5 Å². The number of halogens is 1. The zero-order valence-electron chi connectivity index (χ0n) is 9.99. The predicted octanol–water partition coefficient (Wildman–Crippen LogP) is 3.17. The Morgan fingerprint density at radius 2 is 2.00 bits per heavy atom. The summed E-state index contributed by atoms with van der Waals surface area (Å²) in [6.45, 7) is 0.538. The lowest BCUT2D eigenvalue weighted by Gasteiger charge is -2.28. The molecule has 0 aliphatic heterocycles. The van der Waals surface area contributed by atoms with Crippen LogP contribution in [0.1, 0.15) is 38.5 Å². The van der Waals surface area contributed by atoms with E-state index in [1.165, 1.54) is 25.7 Å². The number of hydrogen-bond donors (Lipinski definition) is 1. The molecule has 0 radical (unpaired) electrons. The Kier molecular flexibility index (Phi) is 4.24. The van der Waals surface area contributed by atoms with Crippen molar-refractivity contribution in [1.29, 1.82) is 0 Å². The molecule has 2 rings (SSSR count). The van der Waals surface area contributed by atoms with E-state index in [2.05, 4.69) is 4.98 Å². The molecule has 1 fully saturated rings. The standard InChI is InChI=1S/C13H19ClN2O/c14-11-9-16-8-5-12(11)17-10-13(15)6-3-1-2-4-7-13/h5,8-9H,1-4,6-7,10,15H2. The van der Waals surface area contributed by atoms with Crippen LogP contribution < -0.4 is 10.5 Å². The van der Waals surface area contributed by atoms with Crippen LogP contribution in [0.25, 0.3) is 0 Å². The summed E-state index contributed by atoms with van der Waals surface area (Å²) in [5.41, 5.74) is 6.18. The van der Waals surface area contributed by atoms with Crippen molar-refractivity contribution in [2.24, 2.45) is 5.73 Å². The first-order valence-electron chi connectivity index (χ1n) is 6.21. The number of nitrogens with zero attached hydrogens (tertiary/aromatic N) is 1. The second-order valence-corrected chi connectivity index (χ2v) is 5.28. The topological polar surface area (TPSA) is 48.1 Å². The molecule has 1 aliphatic rings. The zero-order valence-corrected chi connectivity index (χ0v) is 10.7. The average molecular weight is 255 g/mol. The molecule has 0 saturated heterocycles. The number of nitrogens with two attached hydrogens (primary N) is 1. The Labute approximate surface area is 107 Å². The SMILES string of the molecule is NC1(COc2ccncc2Cl)CCCCCC1. The van der Waals surface area contributed by atoms with Crippen LogP contribution in [-0.2, 0) is 0 Å². The molecule has 0 unspecified atom stereocenters. The van der Waals surface area contributed by atoms with Crippen molar-refractivity contribution in [1.82, 2.24) is 4.98 Å². The van der Waals surface area contributed by atoms with Crippen molar-refractivity contribution in [2.45, 2.75) is 44.1 Å². The second-order valence-electron chi connectivity index (χ2n) is 4.87. The van der Waals surface area contributed by atoms with Crippen molar-refractivity contribution < 1.29 is 4.74 Å². The van der Waals surface area contributed by atoms with Gasteiger partial charge in [-0.1, -0.05) is 37.3 Å². The molecule has 1 aromatic rings. The number of pyridine rings is 1. The van der Waals surface area contributed by atoms with Crippen LogP contribution >= 0.6 is 11.6 Å². The van der Waals surface area contributed by atoms with E-state index in [0.29, 0.717) is 17.4 Å². The summed E-state index contributed by atoms with van der Waals surface area (Å²) in [6, 6.07) is 1.78. The van der Waals surface area contributed by atoms with Gasteiger partial charge in [-0.3, -0.25) is 4.98 Å². The summed E-state index contributed by atoms with van der Waals surface area (Å²) in [5, 5.41) is 0.546. The molecule has 0 atom stereocenters. The highest BCUT2D eigenvalue weighted by molar-refractivity contribution is 6.31. The number of hydrogen-bond acceptors (Lipinski definition) is 3. The van der Waals surface area contributed by atoms with Crippen molar-refractivity contribution >= 4 is 11.6 Å². The Hall–Kier alpha value is -0.800. The van der Waals surface area contributed by atoms with Crippen LogP contribution in [0.5, 0.6) is 5.75 Å². The van der Waals surface area contributed by atoms with Gasteiger partial charge in [0.2, 0.25) is 0 Å². The van der Waals surface area contributed by atoms with Crippen LogP contribution in [0.2, 0.25) is 5.02 Å². The Bertz CT molecular complexity index is 362. The number of aromatic nitrogens is 1. The molecule has 94 valence electrons. The minimum Gasteiger partial charge on any atom is -0.490 e. The fraction of sp³-hybridized carbons (Fsp3) is 0.615. The smallest absolute Gasteiger partial charge is 0.141 e. The predicted molar refractivity (Wildman–Crippen MR) is 69.4 cm³/mol. The maximum absolute atomic E-state index is 6.37. The quantitative estimate of drug-likeness (QED) is 0.843. The summed E-state index contributed by atoms with van der Waals surface area (Å²) in [6.07, 6.45) is 10.3. The van der Waals surface area contributed by atoms with Crippen LogP contribution in [0.15, 0.2) is 18.5 Å². The summed E-state index contributed by atoms with van der Waals surface area (Å²) in [5.74, 6) is 0.677. The van der Waals surface area contributed by atoms with Crippen LogP contribution in [0.4, 0.5) is 0 Å². The molecule has 17 heavy (non-hydrogen) atoms. The molecule has 3 nitrogen and oxygen atoms in total. The van der Waals surface area contributed by atoms with Gasteiger partial charge in [-0.05, 0) is 12.8 Å². The normalized spacial score (nSPS) is 19.6. The van der Waals surface area contributed by atoms with Gasteiger partial charge in [-0.15, -0.1) is 0 Å². The maximum Gasteiger partial charge on any atom is 0.141 e. The van der Waals surface area contributed by atoms with Gasteiger partial charge in [0.1, 0.15) is 17.4 Å². The Balaban J connectivity index is 1.94. The first-order valence-corrected chi connectivity index (χ1v) is 6.59. The van der Waals surface area contributed by atoms with E-state index in [4.69, 9.17) is 22.1 Å². The Morgan fingerprint density at radius 3 is 2.65 bits per heavy atom. The largest absolute Gasteiger partial charge is 0.490 e. The molecule has 0 spiro atoms. The molecule has 0 amide bonds. The molecule has 2 N–H and O–H groups in total. The summed E-state index contributed by atoms with van der Waals surface area (Å²) >= 11 is 5.99. The number of ether oxygens (including phenoxy) is 1. The van der Waals surface area contributed by atoms with E-state index >= 15 is 0 Å². The summed E-state index contributed by atoms with van der Waals surface area (Å²) in [4.78, 5) is 3.93. The second kappa shape index (κ2) is 5.69. The lowest BCUT2D eigenvalue weighted by atomic mass is 9.93. The molecule has 1 aliphatic carbocycles.